The second kappa shape index (κ2) is 6.88. The van der Waals surface area contributed by atoms with Gasteiger partial charge in [-0.05, 0) is 61.9 Å². The third-order valence-corrected chi connectivity index (χ3v) is 6.95. The van der Waals surface area contributed by atoms with E-state index in [2.05, 4.69) is 9.88 Å². The van der Waals surface area contributed by atoms with Gasteiger partial charge in [-0.3, -0.25) is 14.7 Å². The van der Waals surface area contributed by atoms with E-state index >= 15 is 0 Å². The largest absolute Gasteiger partial charge is 0.395 e. The number of aliphatic hydroxyl groups is 1. The molecule has 5 rings (SSSR count). The predicted molar refractivity (Wildman–Crippen MR) is 104 cm³/mol. The van der Waals surface area contributed by atoms with Gasteiger partial charge in [0.15, 0.2) is 0 Å². The van der Waals surface area contributed by atoms with Crippen LogP contribution in [0.25, 0.3) is 10.9 Å². The Labute approximate surface area is 160 Å². The average Bonchev–Trinajstić information content (AvgIpc) is 2.73. The molecule has 5 nitrogen and oxygen atoms in total. The average molecular weight is 365 g/mol. The molecule has 4 atom stereocenters. The second-order valence-corrected chi connectivity index (χ2v) is 8.43. The summed E-state index contributed by atoms with van der Waals surface area (Å²) >= 11 is 0. The first-order valence-electron chi connectivity index (χ1n) is 10.3. The van der Waals surface area contributed by atoms with Crippen molar-refractivity contribution in [1.82, 2.24) is 14.8 Å². The molecule has 1 N–H and O–H groups in total. The van der Waals surface area contributed by atoms with Crippen LogP contribution in [0.5, 0.6) is 0 Å². The minimum absolute atomic E-state index is 0.122. The van der Waals surface area contributed by atoms with E-state index in [9.17, 15) is 9.90 Å². The highest BCUT2D eigenvalue weighted by atomic mass is 16.3. The molecule has 142 valence electrons. The molecule has 1 aromatic carbocycles. The summed E-state index contributed by atoms with van der Waals surface area (Å²) in [6.07, 6.45) is 6.64. The van der Waals surface area contributed by atoms with Crippen LogP contribution in [0.2, 0.25) is 0 Å². The molecule has 2 bridgehead atoms. The van der Waals surface area contributed by atoms with Gasteiger partial charge in [0.25, 0.3) is 5.91 Å². The first kappa shape index (κ1) is 17.1. The van der Waals surface area contributed by atoms with Crippen molar-refractivity contribution in [3.05, 3.63) is 42.1 Å². The fraction of sp³-hybridized carbons (Fsp3) is 0.545. The van der Waals surface area contributed by atoms with Gasteiger partial charge in [0, 0.05) is 42.3 Å². The summed E-state index contributed by atoms with van der Waals surface area (Å²) in [5.74, 6) is 1.04. The molecule has 4 heterocycles. The van der Waals surface area contributed by atoms with E-state index in [1.807, 2.05) is 35.2 Å². The summed E-state index contributed by atoms with van der Waals surface area (Å²) in [6.45, 7) is 2.92. The number of benzene rings is 1. The van der Waals surface area contributed by atoms with Crippen LogP contribution in [0.4, 0.5) is 0 Å². The van der Waals surface area contributed by atoms with Gasteiger partial charge in [-0.15, -0.1) is 0 Å². The molecular weight excluding hydrogens is 338 g/mol. The molecule has 0 radical (unpaired) electrons. The maximum atomic E-state index is 13.3. The van der Waals surface area contributed by atoms with Crippen LogP contribution in [-0.4, -0.2) is 64.1 Å². The summed E-state index contributed by atoms with van der Waals surface area (Å²) in [4.78, 5) is 22.2. The van der Waals surface area contributed by atoms with Crippen molar-refractivity contribution in [2.45, 2.75) is 37.8 Å². The Morgan fingerprint density at radius 3 is 2.96 bits per heavy atom. The number of aromatic nitrogens is 1. The Bertz CT molecular complexity index is 840. The van der Waals surface area contributed by atoms with E-state index in [-0.39, 0.29) is 18.6 Å². The highest BCUT2D eigenvalue weighted by Gasteiger charge is 2.47. The van der Waals surface area contributed by atoms with Crippen LogP contribution < -0.4 is 0 Å². The van der Waals surface area contributed by atoms with Crippen LogP contribution in [-0.2, 0) is 0 Å². The molecule has 27 heavy (non-hydrogen) atoms. The van der Waals surface area contributed by atoms with Crippen LogP contribution in [0, 0.1) is 11.8 Å². The zero-order chi connectivity index (χ0) is 18.4. The van der Waals surface area contributed by atoms with Crippen LogP contribution in [0.15, 0.2) is 36.5 Å². The lowest BCUT2D eigenvalue weighted by atomic mass is 9.72. The molecule has 1 aromatic heterocycles. The first-order chi connectivity index (χ1) is 13.2. The quantitative estimate of drug-likeness (QED) is 0.889. The molecule has 3 aliphatic heterocycles. The molecular formula is C22H27N3O2. The number of hydrogen-bond donors (Lipinski definition) is 1. The normalized spacial score (nSPS) is 30.9. The number of nitrogens with zero attached hydrogens (tertiary/aromatic N) is 3. The molecule has 0 aliphatic carbocycles. The predicted octanol–water partition coefficient (Wildman–Crippen LogP) is 2.54. The van der Waals surface area contributed by atoms with Crippen LogP contribution in [0.1, 0.15) is 36.0 Å². The Hall–Kier alpha value is -1.98. The van der Waals surface area contributed by atoms with Crippen molar-refractivity contribution in [1.29, 1.82) is 0 Å². The van der Waals surface area contributed by atoms with E-state index in [1.165, 1.54) is 19.3 Å². The molecule has 3 saturated heterocycles. The SMILES string of the molecule is O=C(c1ccc2ncccc2c1)N1C[C@H]2C[C@@H](C1)[C@H](CO)N1CCCC[C@@H]21. The Morgan fingerprint density at radius 1 is 1.19 bits per heavy atom. The lowest BCUT2D eigenvalue weighted by Gasteiger charge is -2.56. The van der Waals surface area contributed by atoms with Gasteiger partial charge in [-0.1, -0.05) is 12.5 Å². The zero-order valence-electron chi connectivity index (χ0n) is 15.6. The van der Waals surface area contributed by atoms with E-state index < -0.39 is 0 Å². The molecule has 3 fully saturated rings. The van der Waals surface area contributed by atoms with Gasteiger partial charge >= 0.3 is 0 Å². The first-order valence-corrected chi connectivity index (χ1v) is 10.3. The van der Waals surface area contributed by atoms with E-state index in [4.69, 9.17) is 0 Å². The molecule has 2 aromatic rings. The summed E-state index contributed by atoms with van der Waals surface area (Å²) < 4.78 is 0. The van der Waals surface area contributed by atoms with Crippen LogP contribution >= 0.6 is 0 Å². The lowest BCUT2D eigenvalue weighted by molar-refractivity contribution is -0.0795. The number of aliphatic hydroxyl groups excluding tert-OH is 1. The number of amides is 1. The number of likely N-dealkylation sites (tertiary alicyclic amines) is 1. The zero-order valence-corrected chi connectivity index (χ0v) is 15.6. The van der Waals surface area contributed by atoms with Gasteiger partial charge < -0.3 is 10.0 Å². The third kappa shape index (κ3) is 2.93. The standard InChI is InChI=1S/C22H27N3O2/c26-14-21-18-11-17(20-5-1-2-9-25(20)21)12-24(13-18)22(27)16-6-7-19-15(10-16)4-3-8-23-19/h3-4,6-8,10,17-18,20-21,26H,1-2,5,9,11-14H2/t17-,18+,20+,21+/m1/s1. The van der Waals surface area contributed by atoms with E-state index in [0.29, 0.717) is 17.9 Å². The number of carbonyl (C=O) groups is 1. The summed E-state index contributed by atoms with van der Waals surface area (Å²) in [6, 6.07) is 10.5. The number of carbonyl (C=O) groups excluding carboxylic acids is 1. The Kier molecular flexibility index (Phi) is 4.37. The summed E-state index contributed by atoms with van der Waals surface area (Å²) in [5.41, 5.74) is 1.67. The van der Waals surface area contributed by atoms with Gasteiger partial charge in [0.05, 0.1) is 12.1 Å². The highest BCUT2D eigenvalue weighted by Crippen LogP contribution is 2.41. The van der Waals surface area contributed by atoms with Gasteiger partial charge in [0.2, 0.25) is 0 Å². The van der Waals surface area contributed by atoms with Crippen molar-refractivity contribution in [2.75, 3.05) is 26.2 Å². The smallest absolute Gasteiger partial charge is 0.253 e. The summed E-state index contributed by atoms with van der Waals surface area (Å²) in [5, 5.41) is 11.1. The molecule has 1 amide bonds. The molecule has 0 spiro atoms. The molecule has 3 aliphatic rings. The second-order valence-electron chi connectivity index (χ2n) is 8.43. The fourth-order valence-corrected chi connectivity index (χ4v) is 5.72. The van der Waals surface area contributed by atoms with Gasteiger partial charge in [-0.2, -0.15) is 0 Å². The minimum atomic E-state index is 0.122. The highest BCUT2D eigenvalue weighted by molar-refractivity contribution is 5.98. The van der Waals surface area contributed by atoms with Crippen molar-refractivity contribution in [3.63, 3.8) is 0 Å². The van der Waals surface area contributed by atoms with E-state index in [0.717, 1.165) is 42.5 Å². The van der Waals surface area contributed by atoms with Crippen molar-refractivity contribution in [3.8, 4) is 0 Å². The monoisotopic (exact) mass is 365 g/mol. The molecule has 0 unspecified atom stereocenters. The van der Waals surface area contributed by atoms with Crippen molar-refractivity contribution >= 4 is 16.8 Å². The lowest BCUT2D eigenvalue weighted by Crippen LogP contribution is -2.65. The Morgan fingerprint density at radius 2 is 2.07 bits per heavy atom. The number of rotatable bonds is 2. The minimum Gasteiger partial charge on any atom is -0.395 e. The van der Waals surface area contributed by atoms with Crippen LogP contribution in [0.3, 0.4) is 0 Å². The van der Waals surface area contributed by atoms with Crippen molar-refractivity contribution in [2.24, 2.45) is 11.8 Å². The molecule has 0 saturated carbocycles. The fourth-order valence-electron chi connectivity index (χ4n) is 5.72. The third-order valence-electron chi connectivity index (χ3n) is 6.95. The number of piperidine rings is 3. The van der Waals surface area contributed by atoms with E-state index in [1.54, 1.807) is 6.20 Å². The van der Waals surface area contributed by atoms with Crippen molar-refractivity contribution < 1.29 is 9.90 Å². The maximum absolute atomic E-state index is 13.3. The number of fused-ring (bicyclic) bond motifs is 5. The number of hydrogen-bond acceptors (Lipinski definition) is 4. The Balaban J connectivity index is 1.41. The molecule has 5 heteroatoms. The topological polar surface area (TPSA) is 56.7 Å². The summed E-state index contributed by atoms with van der Waals surface area (Å²) in [7, 11) is 0. The number of pyridine rings is 1. The maximum Gasteiger partial charge on any atom is 0.253 e. The van der Waals surface area contributed by atoms with Gasteiger partial charge in [-0.25, -0.2) is 0 Å². The van der Waals surface area contributed by atoms with Gasteiger partial charge in [0.1, 0.15) is 0 Å².